The molecule has 29 heavy (non-hydrogen) atoms. The lowest BCUT2D eigenvalue weighted by Crippen LogP contribution is -2.37. The second-order valence-electron chi connectivity index (χ2n) is 8.79. The summed E-state index contributed by atoms with van der Waals surface area (Å²) in [4.78, 5) is 21.6. The van der Waals surface area contributed by atoms with Gasteiger partial charge in [0.25, 0.3) is 0 Å². The van der Waals surface area contributed by atoms with Crippen LogP contribution in [0.4, 0.5) is 10.6 Å². The topological polar surface area (TPSA) is 60.5 Å². The standard InChI is InChI=1S/C23H39N5O/c1-20-9-8-14-27(19-20)13-7-4-12-24-23(29)26-18-21-10-11-22(25-17-21)28-15-5-2-3-6-16-28/h10-11,17,20H,2-9,12-16,18-19H2,1H3,(H2,24,26,29). The average molecular weight is 402 g/mol. The van der Waals surface area contributed by atoms with Gasteiger partial charge >= 0.3 is 6.03 Å². The molecule has 2 aliphatic heterocycles. The van der Waals surface area contributed by atoms with Crippen LogP contribution in [0.1, 0.15) is 63.9 Å². The van der Waals surface area contributed by atoms with E-state index in [9.17, 15) is 4.79 Å². The van der Waals surface area contributed by atoms with Crippen LogP contribution in [0.5, 0.6) is 0 Å². The number of amides is 2. The number of unbranched alkanes of at least 4 members (excludes halogenated alkanes) is 1. The van der Waals surface area contributed by atoms with Gasteiger partial charge in [-0.25, -0.2) is 9.78 Å². The molecule has 1 aromatic heterocycles. The molecule has 3 heterocycles. The van der Waals surface area contributed by atoms with Crippen LogP contribution in [0.2, 0.25) is 0 Å². The first kappa shape index (κ1) is 21.9. The first-order chi connectivity index (χ1) is 14.2. The fourth-order valence-electron chi connectivity index (χ4n) is 4.41. The van der Waals surface area contributed by atoms with Gasteiger partial charge in [-0.05, 0) is 69.2 Å². The minimum absolute atomic E-state index is 0.0896. The number of hydrogen-bond donors (Lipinski definition) is 2. The first-order valence-corrected chi connectivity index (χ1v) is 11.6. The summed E-state index contributed by atoms with van der Waals surface area (Å²) in [7, 11) is 0. The summed E-state index contributed by atoms with van der Waals surface area (Å²) in [6.45, 7) is 9.43. The molecule has 1 aromatic rings. The predicted octanol–water partition coefficient (Wildman–Crippen LogP) is 3.77. The molecule has 0 spiro atoms. The number of hydrogen-bond acceptors (Lipinski definition) is 4. The van der Waals surface area contributed by atoms with Crippen LogP contribution in [-0.2, 0) is 6.54 Å². The molecule has 2 aliphatic rings. The van der Waals surface area contributed by atoms with E-state index in [0.29, 0.717) is 6.54 Å². The second-order valence-corrected chi connectivity index (χ2v) is 8.79. The molecule has 2 saturated heterocycles. The Morgan fingerprint density at radius 3 is 2.62 bits per heavy atom. The molecule has 0 radical (unpaired) electrons. The molecule has 0 saturated carbocycles. The SMILES string of the molecule is CC1CCCN(CCCCNC(=O)NCc2ccc(N3CCCCCC3)nc2)C1. The molecule has 0 bridgehead atoms. The molecule has 1 unspecified atom stereocenters. The number of urea groups is 1. The van der Waals surface area contributed by atoms with Crippen LogP contribution in [0.25, 0.3) is 0 Å². The van der Waals surface area contributed by atoms with Gasteiger partial charge in [0.1, 0.15) is 5.82 Å². The maximum absolute atomic E-state index is 12.0. The highest BCUT2D eigenvalue weighted by molar-refractivity contribution is 5.73. The van der Waals surface area contributed by atoms with Crippen molar-refractivity contribution in [2.75, 3.05) is 44.2 Å². The number of nitrogens with zero attached hydrogens (tertiary/aromatic N) is 3. The average Bonchev–Trinajstić information content (AvgIpc) is 3.02. The van der Waals surface area contributed by atoms with Crippen molar-refractivity contribution < 1.29 is 4.79 Å². The van der Waals surface area contributed by atoms with Crippen molar-refractivity contribution in [2.45, 2.75) is 64.8 Å². The number of anilines is 1. The van der Waals surface area contributed by atoms with Gasteiger partial charge in [0.05, 0.1) is 0 Å². The minimum atomic E-state index is -0.0896. The van der Waals surface area contributed by atoms with Crippen LogP contribution < -0.4 is 15.5 Å². The molecule has 2 fully saturated rings. The molecule has 1 atom stereocenters. The highest BCUT2D eigenvalue weighted by Crippen LogP contribution is 2.17. The number of carbonyl (C=O) groups is 1. The molecule has 6 heteroatoms. The largest absolute Gasteiger partial charge is 0.357 e. The smallest absolute Gasteiger partial charge is 0.315 e. The van der Waals surface area contributed by atoms with Crippen molar-refractivity contribution in [1.82, 2.24) is 20.5 Å². The van der Waals surface area contributed by atoms with E-state index in [1.54, 1.807) is 0 Å². The zero-order chi connectivity index (χ0) is 20.3. The lowest BCUT2D eigenvalue weighted by molar-refractivity contribution is 0.181. The summed E-state index contributed by atoms with van der Waals surface area (Å²) in [5.41, 5.74) is 1.04. The van der Waals surface area contributed by atoms with Crippen molar-refractivity contribution in [3.8, 4) is 0 Å². The summed E-state index contributed by atoms with van der Waals surface area (Å²) in [5.74, 6) is 1.89. The van der Waals surface area contributed by atoms with E-state index in [-0.39, 0.29) is 6.03 Å². The van der Waals surface area contributed by atoms with Crippen LogP contribution in [0.3, 0.4) is 0 Å². The van der Waals surface area contributed by atoms with Crippen molar-refractivity contribution >= 4 is 11.8 Å². The maximum atomic E-state index is 12.0. The number of aromatic nitrogens is 1. The normalized spacial score (nSPS) is 20.9. The Labute approximate surface area is 176 Å². The van der Waals surface area contributed by atoms with E-state index in [1.807, 2.05) is 6.20 Å². The van der Waals surface area contributed by atoms with Crippen molar-refractivity contribution in [3.05, 3.63) is 23.9 Å². The fourth-order valence-corrected chi connectivity index (χ4v) is 4.41. The van der Waals surface area contributed by atoms with Gasteiger partial charge in [0.15, 0.2) is 0 Å². The van der Waals surface area contributed by atoms with Gasteiger partial charge in [-0.2, -0.15) is 0 Å². The Morgan fingerprint density at radius 1 is 1.07 bits per heavy atom. The van der Waals surface area contributed by atoms with E-state index < -0.39 is 0 Å². The second kappa shape index (κ2) is 12.0. The van der Waals surface area contributed by atoms with Gasteiger partial charge in [-0.15, -0.1) is 0 Å². The van der Waals surface area contributed by atoms with E-state index in [2.05, 4.69) is 44.5 Å². The Morgan fingerprint density at radius 2 is 1.90 bits per heavy atom. The summed E-state index contributed by atoms with van der Waals surface area (Å²) in [6, 6.07) is 4.07. The van der Waals surface area contributed by atoms with Gasteiger partial charge in [0, 0.05) is 38.9 Å². The number of carbonyl (C=O) groups excluding carboxylic acids is 1. The third-order valence-corrected chi connectivity index (χ3v) is 6.12. The van der Waals surface area contributed by atoms with Crippen molar-refractivity contribution in [3.63, 3.8) is 0 Å². The Hall–Kier alpha value is -1.82. The monoisotopic (exact) mass is 401 g/mol. The van der Waals surface area contributed by atoms with Crippen LogP contribution in [0, 0.1) is 5.92 Å². The molecule has 162 valence electrons. The molecule has 3 rings (SSSR count). The van der Waals surface area contributed by atoms with Crippen LogP contribution >= 0.6 is 0 Å². The van der Waals surface area contributed by atoms with Gasteiger partial charge in [0.2, 0.25) is 0 Å². The van der Waals surface area contributed by atoms with E-state index in [1.165, 1.54) is 51.6 Å². The molecule has 2 N–H and O–H groups in total. The van der Waals surface area contributed by atoms with Crippen LogP contribution in [-0.4, -0.2) is 55.2 Å². The number of rotatable bonds is 8. The van der Waals surface area contributed by atoms with Crippen molar-refractivity contribution in [2.24, 2.45) is 5.92 Å². The third kappa shape index (κ3) is 7.84. The number of pyridine rings is 1. The fraction of sp³-hybridized carbons (Fsp3) is 0.739. The Balaban J connectivity index is 1.27. The maximum Gasteiger partial charge on any atom is 0.315 e. The predicted molar refractivity (Wildman–Crippen MR) is 119 cm³/mol. The third-order valence-electron chi connectivity index (χ3n) is 6.12. The summed E-state index contributed by atoms with van der Waals surface area (Å²) in [5, 5.41) is 5.91. The lowest BCUT2D eigenvalue weighted by atomic mass is 10.0. The minimum Gasteiger partial charge on any atom is -0.357 e. The van der Waals surface area contributed by atoms with E-state index in [0.717, 1.165) is 56.3 Å². The van der Waals surface area contributed by atoms with Gasteiger partial charge in [-0.3, -0.25) is 0 Å². The zero-order valence-electron chi connectivity index (χ0n) is 18.2. The summed E-state index contributed by atoms with van der Waals surface area (Å²) >= 11 is 0. The highest BCUT2D eigenvalue weighted by atomic mass is 16.2. The number of nitrogens with one attached hydrogen (secondary N) is 2. The summed E-state index contributed by atoms with van der Waals surface area (Å²) in [6.07, 6.45) is 11.9. The molecule has 0 aromatic carbocycles. The number of piperidine rings is 1. The zero-order valence-corrected chi connectivity index (χ0v) is 18.2. The Kier molecular flexibility index (Phi) is 9.06. The molecular formula is C23H39N5O. The molecule has 6 nitrogen and oxygen atoms in total. The number of likely N-dealkylation sites (tertiary alicyclic amines) is 1. The highest BCUT2D eigenvalue weighted by Gasteiger charge is 2.15. The van der Waals surface area contributed by atoms with E-state index >= 15 is 0 Å². The molecule has 0 aliphatic carbocycles. The first-order valence-electron chi connectivity index (χ1n) is 11.6. The van der Waals surface area contributed by atoms with Crippen LogP contribution in [0.15, 0.2) is 18.3 Å². The van der Waals surface area contributed by atoms with Crippen molar-refractivity contribution in [1.29, 1.82) is 0 Å². The lowest BCUT2D eigenvalue weighted by Gasteiger charge is -2.30. The quantitative estimate of drug-likeness (QED) is 0.651. The molecular weight excluding hydrogens is 362 g/mol. The van der Waals surface area contributed by atoms with Gasteiger partial charge in [-0.1, -0.05) is 25.8 Å². The molecule has 2 amide bonds. The summed E-state index contributed by atoms with van der Waals surface area (Å²) < 4.78 is 0. The van der Waals surface area contributed by atoms with Gasteiger partial charge < -0.3 is 20.4 Å². The van der Waals surface area contributed by atoms with E-state index in [4.69, 9.17) is 0 Å². The Bertz CT molecular complexity index is 598.